The third kappa shape index (κ3) is 2.57. The summed E-state index contributed by atoms with van der Waals surface area (Å²) >= 11 is 6.18. The SMILES string of the molecule is Fc1cccc(Cn2cc(-c3c[nH]c4ccnc(Cl)c34)nn2)c1. The highest BCUT2D eigenvalue weighted by Crippen LogP contribution is 2.31. The fourth-order valence-corrected chi connectivity index (χ4v) is 2.82. The largest absolute Gasteiger partial charge is 0.360 e. The van der Waals surface area contributed by atoms with Gasteiger partial charge in [0.2, 0.25) is 0 Å². The monoisotopic (exact) mass is 327 g/mol. The van der Waals surface area contributed by atoms with E-state index in [-0.39, 0.29) is 5.82 Å². The van der Waals surface area contributed by atoms with Crippen LogP contribution in [0.5, 0.6) is 0 Å². The minimum atomic E-state index is -0.266. The maximum atomic E-state index is 13.2. The number of fused-ring (bicyclic) bond motifs is 1. The van der Waals surface area contributed by atoms with Gasteiger partial charge in [-0.3, -0.25) is 0 Å². The van der Waals surface area contributed by atoms with Gasteiger partial charge in [0.15, 0.2) is 0 Å². The summed E-state index contributed by atoms with van der Waals surface area (Å²) in [6, 6.07) is 8.26. The zero-order chi connectivity index (χ0) is 15.8. The Kier molecular flexibility index (Phi) is 3.31. The number of pyridine rings is 1. The van der Waals surface area contributed by atoms with Crippen LogP contribution in [0.3, 0.4) is 0 Å². The average Bonchev–Trinajstić information content (AvgIpc) is 3.14. The molecule has 0 bridgehead atoms. The number of aromatic amines is 1. The lowest BCUT2D eigenvalue weighted by Crippen LogP contribution is -2.00. The second kappa shape index (κ2) is 5.48. The third-order valence-corrected chi connectivity index (χ3v) is 3.88. The van der Waals surface area contributed by atoms with E-state index < -0.39 is 0 Å². The maximum Gasteiger partial charge on any atom is 0.139 e. The van der Waals surface area contributed by atoms with Crippen molar-refractivity contribution in [3.63, 3.8) is 0 Å². The molecule has 1 aromatic carbocycles. The van der Waals surface area contributed by atoms with Crippen molar-refractivity contribution in [1.29, 1.82) is 0 Å². The standard InChI is InChI=1S/C16H11ClFN5/c17-16-15-12(7-20-13(15)4-5-19-16)14-9-23(22-21-14)8-10-2-1-3-11(18)6-10/h1-7,9,20H,8H2. The fraction of sp³-hybridized carbons (Fsp3) is 0.0625. The van der Waals surface area contributed by atoms with Crippen LogP contribution in [0.4, 0.5) is 4.39 Å². The van der Waals surface area contributed by atoms with Crippen LogP contribution in [0.2, 0.25) is 5.15 Å². The molecule has 0 amide bonds. The molecule has 0 saturated heterocycles. The summed E-state index contributed by atoms with van der Waals surface area (Å²) in [5.41, 5.74) is 3.23. The number of hydrogen-bond donors (Lipinski definition) is 1. The summed E-state index contributed by atoms with van der Waals surface area (Å²) in [6.45, 7) is 0.444. The first-order valence-electron chi connectivity index (χ1n) is 6.97. The average molecular weight is 328 g/mol. The zero-order valence-electron chi connectivity index (χ0n) is 11.9. The number of rotatable bonds is 3. The van der Waals surface area contributed by atoms with E-state index in [2.05, 4.69) is 20.3 Å². The molecule has 5 nitrogen and oxygen atoms in total. The molecule has 3 heterocycles. The third-order valence-electron chi connectivity index (χ3n) is 3.59. The topological polar surface area (TPSA) is 59.4 Å². The molecule has 0 unspecified atom stereocenters. The summed E-state index contributed by atoms with van der Waals surface area (Å²) in [4.78, 5) is 7.24. The highest BCUT2D eigenvalue weighted by atomic mass is 35.5. The van der Waals surface area contributed by atoms with Crippen molar-refractivity contribution in [1.82, 2.24) is 25.0 Å². The Morgan fingerprint density at radius 2 is 2.17 bits per heavy atom. The fourth-order valence-electron chi connectivity index (χ4n) is 2.56. The Hall–Kier alpha value is -2.73. The van der Waals surface area contributed by atoms with Gasteiger partial charge in [-0.05, 0) is 23.8 Å². The number of H-pyrrole nitrogens is 1. The molecule has 7 heteroatoms. The first-order chi connectivity index (χ1) is 11.2. The van der Waals surface area contributed by atoms with E-state index >= 15 is 0 Å². The van der Waals surface area contributed by atoms with E-state index in [0.29, 0.717) is 17.4 Å². The number of benzene rings is 1. The Bertz CT molecular complexity index is 991. The molecule has 0 radical (unpaired) electrons. The summed E-state index contributed by atoms with van der Waals surface area (Å²) in [7, 11) is 0. The summed E-state index contributed by atoms with van der Waals surface area (Å²) in [6.07, 6.45) is 5.28. The normalized spacial score (nSPS) is 11.2. The van der Waals surface area contributed by atoms with Crippen LogP contribution in [-0.2, 0) is 6.54 Å². The number of nitrogens with one attached hydrogen (secondary N) is 1. The van der Waals surface area contributed by atoms with Crippen LogP contribution in [-0.4, -0.2) is 25.0 Å². The Morgan fingerprint density at radius 3 is 3.04 bits per heavy atom. The molecule has 114 valence electrons. The molecule has 0 saturated carbocycles. The number of aromatic nitrogens is 5. The molecule has 0 fully saturated rings. The van der Waals surface area contributed by atoms with Crippen LogP contribution in [0.1, 0.15) is 5.56 Å². The number of halogens is 2. The predicted octanol–water partition coefficient (Wildman–Crippen LogP) is 3.66. The van der Waals surface area contributed by atoms with Crippen molar-refractivity contribution in [2.45, 2.75) is 6.54 Å². The van der Waals surface area contributed by atoms with Crippen LogP contribution in [0.15, 0.2) is 48.9 Å². The number of hydrogen-bond acceptors (Lipinski definition) is 3. The quantitative estimate of drug-likeness (QED) is 0.584. The van der Waals surface area contributed by atoms with Crippen molar-refractivity contribution >= 4 is 22.5 Å². The smallest absolute Gasteiger partial charge is 0.139 e. The molecular weight excluding hydrogens is 317 g/mol. The van der Waals surface area contributed by atoms with Gasteiger partial charge in [-0.1, -0.05) is 28.9 Å². The first kappa shape index (κ1) is 13.9. The van der Waals surface area contributed by atoms with Gasteiger partial charge in [0.1, 0.15) is 16.7 Å². The lowest BCUT2D eigenvalue weighted by molar-refractivity contribution is 0.614. The van der Waals surface area contributed by atoms with E-state index in [1.54, 1.807) is 23.1 Å². The van der Waals surface area contributed by atoms with E-state index in [1.807, 2.05) is 18.3 Å². The summed E-state index contributed by atoms with van der Waals surface area (Å²) in [5, 5.41) is 9.51. The van der Waals surface area contributed by atoms with E-state index in [1.165, 1.54) is 12.1 Å². The van der Waals surface area contributed by atoms with E-state index in [0.717, 1.165) is 22.0 Å². The van der Waals surface area contributed by atoms with Crippen molar-refractivity contribution in [2.75, 3.05) is 0 Å². The van der Waals surface area contributed by atoms with Crippen LogP contribution < -0.4 is 0 Å². The predicted molar refractivity (Wildman–Crippen MR) is 85.6 cm³/mol. The van der Waals surface area contributed by atoms with Crippen molar-refractivity contribution in [3.05, 3.63) is 65.5 Å². The Labute approximate surface area is 135 Å². The van der Waals surface area contributed by atoms with E-state index in [4.69, 9.17) is 11.6 Å². The van der Waals surface area contributed by atoms with Crippen molar-refractivity contribution in [3.8, 4) is 11.3 Å². The van der Waals surface area contributed by atoms with Crippen LogP contribution in [0.25, 0.3) is 22.2 Å². The van der Waals surface area contributed by atoms with Gasteiger partial charge < -0.3 is 4.98 Å². The highest BCUT2D eigenvalue weighted by molar-refractivity contribution is 6.35. The molecule has 1 N–H and O–H groups in total. The minimum Gasteiger partial charge on any atom is -0.360 e. The van der Waals surface area contributed by atoms with Crippen LogP contribution in [0, 0.1) is 5.82 Å². The van der Waals surface area contributed by atoms with Crippen molar-refractivity contribution in [2.24, 2.45) is 0 Å². The van der Waals surface area contributed by atoms with Gasteiger partial charge in [0.25, 0.3) is 0 Å². The zero-order valence-corrected chi connectivity index (χ0v) is 12.6. The molecule has 3 aromatic heterocycles. The highest BCUT2D eigenvalue weighted by Gasteiger charge is 2.13. The molecule has 0 atom stereocenters. The van der Waals surface area contributed by atoms with Gasteiger partial charge in [-0.15, -0.1) is 5.10 Å². The summed E-state index contributed by atoms with van der Waals surface area (Å²) in [5.74, 6) is -0.266. The van der Waals surface area contributed by atoms with Crippen LogP contribution >= 0.6 is 11.6 Å². The minimum absolute atomic E-state index is 0.266. The molecule has 23 heavy (non-hydrogen) atoms. The molecule has 0 spiro atoms. The molecule has 0 aliphatic carbocycles. The molecule has 4 rings (SSSR count). The lowest BCUT2D eigenvalue weighted by atomic mass is 10.2. The van der Waals surface area contributed by atoms with Gasteiger partial charge in [-0.2, -0.15) is 0 Å². The Morgan fingerprint density at radius 1 is 1.26 bits per heavy atom. The molecular formula is C16H11ClFN5. The molecule has 0 aliphatic heterocycles. The maximum absolute atomic E-state index is 13.2. The van der Waals surface area contributed by atoms with Gasteiger partial charge in [0.05, 0.1) is 18.3 Å². The second-order valence-corrected chi connectivity index (χ2v) is 5.52. The van der Waals surface area contributed by atoms with E-state index in [9.17, 15) is 4.39 Å². The molecule has 4 aromatic rings. The Balaban J connectivity index is 1.70. The lowest BCUT2D eigenvalue weighted by Gasteiger charge is -2.00. The summed E-state index contributed by atoms with van der Waals surface area (Å²) < 4.78 is 14.9. The van der Waals surface area contributed by atoms with Gasteiger partial charge >= 0.3 is 0 Å². The van der Waals surface area contributed by atoms with Gasteiger partial charge in [-0.25, -0.2) is 14.1 Å². The van der Waals surface area contributed by atoms with Gasteiger partial charge in [0, 0.05) is 23.3 Å². The first-order valence-corrected chi connectivity index (χ1v) is 7.35. The molecule has 0 aliphatic rings. The number of nitrogens with zero attached hydrogens (tertiary/aromatic N) is 4. The second-order valence-electron chi connectivity index (χ2n) is 5.16. The van der Waals surface area contributed by atoms with Crippen molar-refractivity contribution < 1.29 is 4.39 Å².